The van der Waals surface area contributed by atoms with Crippen molar-refractivity contribution in [3.63, 3.8) is 0 Å². The van der Waals surface area contributed by atoms with Gasteiger partial charge in [0.25, 0.3) is 13.4 Å². The molecule has 0 saturated carbocycles. The molecule has 8 N–H and O–H groups in total. The van der Waals surface area contributed by atoms with E-state index in [1.54, 1.807) is 0 Å². The van der Waals surface area contributed by atoms with Crippen molar-refractivity contribution in [2.24, 2.45) is 5.73 Å². The lowest BCUT2D eigenvalue weighted by molar-refractivity contribution is -0.212. The quantitative estimate of drug-likeness (QED) is 0.0578. The Balaban J connectivity index is 1.86. The van der Waals surface area contributed by atoms with E-state index in [0.717, 1.165) is 0 Å². The molecule has 0 aromatic carbocycles. The maximum absolute atomic E-state index is 12.6. The molecule has 23 heteroatoms. The number of nitrogens with one attached hydrogen (secondary N) is 1. The number of rotatable bonds is 12. The maximum atomic E-state index is 12.6. The van der Waals surface area contributed by atoms with E-state index in [-0.39, 0.29) is 41.4 Å². The van der Waals surface area contributed by atoms with Crippen LogP contribution in [0.2, 0.25) is 0 Å². The maximum Gasteiger partial charge on any atom is 0.487 e. The smallest absolute Gasteiger partial charge is 0.487 e. The van der Waals surface area contributed by atoms with Crippen molar-refractivity contribution in [3.8, 4) is 11.8 Å². The summed E-state index contributed by atoms with van der Waals surface area (Å²) >= 11 is 0. The molecule has 1 aliphatic rings. The van der Waals surface area contributed by atoms with Crippen LogP contribution in [-0.4, -0.2) is 66.8 Å². The Morgan fingerprint density at radius 2 is 2.03 bits per heavy atom. The molecular weight excluding hydrogens is 627 g/mol. The van der Waals surface area contributed by atoms with Crippen LogP contribution < -0.4 is 21.9 Å². The van der Waals surface area contributed by atoms with Gasteiger partial charge in [-0.2, -0.15) is 9.29 Å². The first-order valence-corrected chi connectivity index (χ1v) is 17.6. The van der Waals surface area contributed by atoms with E-state index in [9.17, 15) is 33.2 Å². The number of hydrogen-bond acceptors (Lipinski definition) is 15. The first-order chi connectivity index (χ1) is 18.1. The van der Waals surface area contributed by atoms with Gasteiger partial charge in [-0.3, -0.25) is 18.9 Å². The largest absolute Gasteiger partial charge is 0.756 e. The molecule has 218 valence electrons. The molecule has 0 aliphatic carbocycles. The lowest BCUT2D eigenvalue weighted by Crippen LogP contribution is -2.28. The van der Waals surface area contributed by atoms with Crippen molar-refractivity contribution >= 4 is 62.0 Å². The van der Waals surface area contributed by atoms with Crippen molar-refractivity contribution in [3.05, 3.63) is 22.1 Å². The lowest BCUT2D eigenvalue weighted by atomic mass is 10.2. The molecule has 0 bridgehead atoms. The summed E-state index contributed by atoms with van der Waals surface area (Å²) in [7, 11) is -14.2. The van der Waals surface area contributed by atoms with E-state index in [1.807, 2.05) is 6.26 Å². The number of ether oxygens (including phenoxy) is 2. The molecule has 39 heavy (non-hydrogen) atoms. The zero-order chi connectivity index (χ0) is 29.0. The zero-order valence-electron chi connectivity index (χ0n) is 19.8. The molecule has 0 radical (unpaired) electrons. The third-order valence-corrected chi connectivity index (χ3v) is 10.0. The van der Waals surface area contributed by atoms with Gasteiger partial charge in [0.15, 0.2) is 5.65 Å². The molecule has 4 unspecified atom stereocenters. The number of aromatic amines is 1. The highest BCUT2D eigenvalue weighted by Crippen LogP contribution is 2.65. The molecule has 18 nitrogen and oxygen atoms in total. The summed E-state index contributed by atoms with van der Waals surface area (Å²) in [6.07, 6.45) is 0.688. The number of phosphoric acid groups is 3. The van der Waals surface area contributed by atoms with E-state index in [0.29, 0.717) is 0 Å². The fraction of sp³-hybridized carbons (Fsp3) is 0.500. The van der Waals surface area contributed by atoms with Gasteiger partial charge in [0.05, 0.1) is 30.2 Å². The lowest BCUT2D eigenvalue weighted by Gasteiger charge is -2.22. The van der Waals surface area contributed by atoms with Crippen molar-refractivity contribution in [1.29, 1.82) is 0 Å². The molecular formula is C16H23N5O13P3S2-. The molecule has 6 atom stereocenters. The Morgan fingerprint density at radius 1 is 1.31 bits per heavy atom. The Hall–Kier alpha value is -1.23. The Morgan fingerprint density at radius 3 is 2.67 bits per heavy atom. The minimum Gasteiger partial charge on any atom is -0.756 e. The number of nitrogens with two attached hydrogens (primary N) is 2. The van der Waals surface area contributed by atoms with Gasteiger partial charge < -0.3 is 45.1 Å². The molecule has 0 amide bonds. The van der Waals surface area contributed by atoms with Crippen LogP contribution in [0.4, 0.5) is 5.95 Å². The van der Waals surface area contributed by atoms with Crippen LogP contribution >= 0.6 is 45.1 Å². The monoisotopic (exact) mass is 650 g/mol. The number of nitrogen functional groups attached to an aromatic ring is 1. The van der Waals surface area contributed by atoms with Crippen molar-refractivity contribution < 1.29 is 55.9 Å². The Labute approximate surface area is 227 Å². The predicted molar refractivity (Wildman–Crippen MR) is 138 cm³/mol. The Kier molecular flexibility index (Phi) is 10.9. The van der Waals surface area contributed by atoms with E-state index >= 15 is 0 Å². The number of anilines is 1. The van der Waals surface area contributed by atoms with Gasteiger partial charge in [-0.1, -0.05) is 33.4 Å². The standard InChI is InChI=1S/C16H24N5O13P3S2/c1-38-39-8-30-10-5-12(21-6-9(3-2-4-17)13-14(21)19-16(18)20-15(13)22)32-11(10)7-31-36(26,27)34-37(28,29)33-35(23,24)25/h6,10-12H,4-5,7-8,17H2,1H3,(H,26,27)(H,28,29)(H2,23,24,25)(H3,18,19,20,22)/p-1/t10?,11-,12-/m1/s1. The second kappa shape index (κ2) is 13.2. The number of aromatic nitrogens is 3. The van der Waals surface area contributed by atoms with Gasteiger partial charge in [0.1, 0.15) is 18.3 Å². The molecule has 1 saturated heterocycles. The summed E-state index contributed by atoms with van der Waals surface area (Å²) in [4.78, 5) is 57.5. The number of hydrogen-bond donors (Lipinski definition) is 6. The van der Waals surface area contributed by atoms with Crippen LogP contribution in [0.15, 0.2) is 11.0 Å². The van der Waals surface area contributed by atoms with E-state index < -0.39 is 54.1 Å². The molecule has 2 aromatic rings. The highest BCUT2D eigenvalue weighted by molar-refractivity contribution is 8.76. The van der Waals surface area contributed by atoms with Crippen LogP contribution in [0.5, 0.6) is 0 Å². The minimum absolute atomic E-state index is 0.0229. The first-order valence-electron chi connectivity index (χ1n) is 10.4. The highest BCUT2D eigenvalue weighted by atomic mass is 33.1. The first kappa shape index (κ1) is 32.3. The number of phosphoric ester groups is 1. The fourth-order valence-electron chi connectivity index (χ4n) is 3.46. The SMILES string of the molecule is CSSCOC1C[C@H](n2cc(C#CCN)c3c(=O)[nH]c(N)nc32)O[C@@H]1COP(=O)(O)OP(=O)(O)OP(=O)([O-])O. The molecule has 3 heterocycles. The third-order valence-electron chi connectivity index (χ3n) is 4.78. The van der Waals surface area contributed by atoms with Gasteiger partial charge >= 0.3 is 15.6 Å². The summed E-state index contributed by atoms with van der Waals surface area (Å²) in [5, 5.41) is 0.121. The third kappa shape index (κ3) is 9.13. The molecule has 2 aromatic heterocycles. The predicted octanol–water partition coefficient (Wildman–Crippen LogP) is -0.0303. The summed E-state index contributed by atoms with van der Waals surface area (Å²) in [6.45, 7) is -0.725. The van der Waals surface area contributed by atoms with Crippen LogP contribution in [0.1, 0.15) is 18.2 Å². The number of H-pyrrole nitrogens is 1. The van der Waals surface area contributed by atoms with Crippen LogP contribution in [-0.2, 0) is 36.3 Å². The summed E-state index contributed by atoms with van der Waals surface area (Å²) in [6, 6.07) is 0. The normalized spacial score (nSPS) is 24.0. The average molecular weight is 650 g/mol. The molecule has 1 aliphatic heterocycles. The van der Waals surface area contributed by atoms with Crippen LogP contribution in [0.3, 0.4) is 0 Å². The van der Waals surface area contributed by atoms with Crippen LogP contribution in [0, 0.1) is 11.8 Å². The summed E-state index contributed by atoms with van der Waals surface area (Å²) in [5.74, 6) is 5.42. The average Bonchev–Trinajstić information content (AvgIpc) is 3.35. The van der Waals surface area contributed by atoms with Crippen molar-refractivity contribution in [2.45, 2.75) is 24.9 Å². The molecule has 0 spiro atoms. The van der Waals surface area contributed by atoms with Gasteiger partial charge in [0, 0.05) is 12.6 Å². The molecule has 1 fully saturated rings. The second-order valence-corrected chi connectivity index (χ2v) is 14.3. The summed E-state index contributed by atoms with van der Waals surface area (Å²) < 4.78 is 59.7. The number of fused-ring (bicyclic) bond motifs is 1. The van der Waals surface area contributed by atoms with Crippen molar-refractivity contribution in [2.75, 3.05) is 31.1 Å². The van der Waals surface area contributed by atoms with Gasteiger partial charge in [-0.15, -0.1) is 0 Å². The number of nitrogens with zero attached hydrogens (tertiary/aromatic N) is 2. The van der Waals surface area contributed by atoms with E-state index in [2.05, 4.69) is 30.4 Å². The fourth-order valence-corrected chi connectivity index (χ4v) is 7.24. The van der Waals surface area contributed by atoms with E-state index in [1.165, 1.54) is 32.4 Å². The minimum atomic E-state index is -5.80. The van der Waals surface area contributed by atoms with Gasteiger partial charge in [-0.25, -0.2) is 13.4 Å². The highest BCUT2D eigenvalue weighted by Gasteiger charge is 2.42. The summed E-state index contributed by atoms with van der Waals surface area (Å²) in [5.41, 5.74) is 11.0. The zero-order valence-corrected chi connectivity index (χ0v) is 24.1. The topological polar surface area (TPSA) is 284 Å². The Bertz CT molecular complexity index is 1450. The van der Waals surface area contributed by atoms with Gasteiger partial charge in [0.2, 0.25) is 5.95 Å². The van der Waals surface area contributed by atoms with Gasteiger partial charge in [-0.05, 0) is 6.26 Å². The van der Waals surface area contributed by atoms with Crippen molar-refractivity contribution in [1.82, 2.24) is 14.5 Å². The second-order valence-electron chi connectivity index (χ2n) is 7.44. The van der Waals surface area contributed by atoms with E-state index in [4.69, 9.17) is 30.4 Å². The molecule has 3 rings (SSSR count). The van der Waals surface area contributed by atoms with Crippen LogP contribution in [0.25, 0.3) is 11.0 Å².